The highest BCUT2D eigenvalue weighted by Gasteiger charge is 2.30. The SMILES string of the molecule is O=C1CC(C(=O)c2cccs2)Cc2ccccc21. The number of ketones is 2. The minimum absolute atomic E-state index is 0.0896. The van der Waals surface area contributed by atoms with Gasteiger partial charge in [-0.05, 0) is 23.4 Å². The molecule has 0 saturated carbocycles. The van der Waals surface area contributed by atoms with Crippen LogP contribution in [0, 0.1) is 5.92 Å². The van der Waals surface area contributed by atoms with Crippen molar-refractivity contribution in [3.63, 3.8) is 0 Å². The Balaban J connectivity index is 1.90. The van der Waals surface area contributed by atoms with E-state index >= 15 is 0 Å². The highest BCUT2D eigenvalue weighted by molar-refractivity contribution is 7.12. The van der Waals surface area contributed by atoms with Gasteiger partial charge >= 0.3 is 0 Å². The molecule has 1 aliphatic rings. The Morgan fingerprint density at radius 2 is 1.94 bits per heavy atom. The van der Waals surface area contributed by atoms with E-state index in [0.29, 0.717) is 12.8 Å². The van der Waals surface area contributed by atoms with Crippen LogP contribution in [0.3, 0.4) is 0 Å². The first-order valence-electron chi connectivity index (χ1n) is 5.94. The fourth-order valence-corrected chi connectivity index (χ4v) is 3.19. The lowest BCUT2D eigenvalue weighted by molar-refractivity contribution is 0.0841. The van der Waals surface area contributed by atoms with E-state index in [1.54, 1.807) is 0 Å². The number of Topliss-reactive ketones (excluding diaryl/α,β-unsaturated/α-hetero) is 2. The highest BCUT2D eigenvalue weighted by atomic mass is 32.1. The molecule has 0 amide bonds. The molecular weight excluding hydrogens is 244 g/mol. The van der Waals surface area contributed by atoms with E-state index < -0.39 is 0 Å². The first kappa shape index (κ1) is 11.4. The second-order valence-corrected chi connectivity index (χ2v) is 5.47. The predicted molar refractivity (Wildman–Crippen MR) is 71.2 cm³/mol. The minimum atomic E-state index is -0.189. The van der Waals surface area contributed by atoms with Crippen molar-refractivity contribution in [1.29, 1.82) is 0 Å². The average molecular weight is 256 g/mol. The molecule has 0 aliphatic heterocycles. The monoisotopic (exact) mass is 256 g/mol. The van der Waals surface area contributed by atoms with Gasteiger partial charge in [0.25, 0.3) is 0 Å². The van der Waals surface area contributed by atoms with E-state index in [1.807, 2.05) is 41.8 Å². The molecule has 2 nitrogen and oxygen atoms in total. The number of carbonyl (C=O) groups excluding carboxylic acids is 2. The molecule has 0 fully saturated rings. The van der Waals surface area contributed by atoms with Gasteiger partial charge in [0, 0.05) is 17.9 Å². The van der Waals surface area contributed by atoms with Crippen LogP contribution in [-0.4, -0.2) is 11.6 Å². The van der Waals surface area contributed by atoms with Crippen LogP contribution >= 0.6 is 11.3 Å². The van der Waals surface area contributed by atoms with Crippen LogP contribution in [0.5, 0.6) is 0 Å². The van der Waals surface area contributed by atoms with Crippen molar-refractivity contribution in [3.05, 3.63) is 57.8 Å². The van der Waals surface area contributed by atoms with Crippen LogP contribution in [0.4, 0.5) is 0 Å². The summed E-state index contributed by atoms with van der Waals surface area (Å²) in [4.78, 5) is 25.1. The van der Waals surface area contributed by atoms with Crippen LogP contribution < -0.4 is 0 Å². The van der Waals surface area contributed by atoms with Crippen molar-refractivity contribution < 1.29 is 9.59 Å². The molecular formula is C15H12O2S. The molecule has 0 N–H and O–H groups in total. The molecule has 1 aliphatic carbocycles. The molecule has 0 saturated heterocycles. The summed E-state index contributed by atoms with van der Waals surface area (Å²) >= 11 is 1.45. The van der Waals surface area contributed by atoms with Gasteiger partial charge in [-0.15, -0.1) is 11.3 Å². The second-order valence-electron chi connectivity index (χ2n) is 4.53. The Labute approximate surface area is 109 Å². The Hall–Kier alpha value is -1.74. The highest BCUT2D eigenvalue weighted by Crippen LogP contribution is 2.28. The van der Waals surface area contributed by atoms with E-state index in [9.17, 15) is 9.59 Å². The molecule has 1 aromatic carbocycles. The summed E-state index contributed by atoms with van der Waals surface area (Å²) < 4.78 is 0. The number of hydrogen-bond acceptors (Lipinski definition) is 3. The summed E-state index contributed by atoms with van der Waals surface area (Å²) in [5.74, 6) is 0.00524. The quantitative estimate of drug-likeness (QED) is 0.772. The number of hydrogen-bond donors (Lipinski definition) is 0. The zero-order valence-electron chi connectivity index (χ0n) is 9.76. The maximum absolute atomic E-state index is 12.3. The van der Waals surface area contributed by atoms with E-state index in [0.717, 1.165) is 16.0 Å². The van der Waals surface area contributed by atoms with Gasteiger partial charge in [-0.2, -0.15) is 0 Å². The molecule has 0 radical (unpaired) electrons. The summed E-state index contributed by atoms with van der Waals surface area (Å²) in [7, 11) is 0. The van der Waals surface area contributed by atoms with E-state index in [1.165, 1.54) is 11.3 Å². The Morgan fingerprint density at radius 1 is 1.11 bits per heavy atom. The molecule has 1 atom stereocenters. The van der Waals surface area contributed by atoms with Crippen molar-refractivity contribution in [3.8, 4) is 0 Å². The van der Waals surface area contributed by atoms with Crippen LogP contribution in [-0.2, 0) is 6.42 Å². The Morgan fingerprint density at radius 3 is 2.72 bits per heavy atom. The predicted octanol–water partition coefficient (Wildman–Crippen LogP) is 3.38. The maximum atomic E-state index is 12.3. The van der Waals surface area contributed by atoms with Crippen molar-refractivity contribution in [2.75, 3.05) is 0 Å². The summed E-state index contributed by atoms with van der Waals surface area (Å²) in [5, 5.41) is 1.89. The van der Waals surface area contributed by atoms with Gasteiger partial charge in [0.1, 0.15) is 0 Å². The number of fused-ring (bicyclic) bond motifs is 1. The minimum Gasteiger partial charge on any atom is -0.294 e. The molecule has 1 heterocycles. The van der Waals surface area contributed by atoms with E-state index in [4.69, 9.17) is 0 Å². The number of benzene rings is 1. The van der Waals surface area contributed by atoms with Gasteiger partial charge in [0.15, 0.2) is 11.6 Å². The summed E-state index contributed by atoms with van der Waals surface area (Å²) in [6, 6.07) is 11.3. The fourth-order valence-electron chi connectivity index (χ4n) is 2.45. The van der Waals surface area contributed by atoms with Crippen LogP contribution in [0.2, 0.25) is 0 Å². The van der Waals surface area contributed by atoms with Crippen molar-refractivity contribution >= 4 is 22.9 Å². The van der Waals surface area contributed by atoms with Crippen molar-refractivity contribution in [2.45, 2.75) is 12.8 Å². The third-order valence-corrected chi connectivity index (χ3v) is 4.24. The van der Waals surface area contributed by atoms with Gasteiger partial charge in [0.05, 0.1) is 4.88 Å². The van der Waals surface area contributed by atoms with Crippen LogP contribution in [0.15, 0.2) is 41.8 Å². The zero-order valence-corrected chi connectivity index (χ0v) is 10.6. The van der Waals surface area contributed by atoms with Gasteiger partial charge in [-0.25, -0.2) is 0 Å². The summed E-state index contributed by atoms with van der Waals surface area (Å²) in [5.41, 5.74) is 1.79. The Kier molecular flexibility index (Phi) is 2.84. The molecule has 3 heteroatoms. The van der Waals surface area contributed by atoms with E-state index in [-0.39, 0.29) is 17.5 Å². The number of rotatable bonds is 2. The third-order valence-electron chi connectivity index (χ3n) is 3.35. The number of thiophene rings is 1. The number of carbonyl (C=O) groups is 2. The molecule has 18 heavy (non-hydrogen) atoms. The molecule has 90 valence electrons. The van der Waals surface area contributed by atoms with Gasteiger partial charge < -0.3 is 0 Å². The lowest BCUT2D eigenvalue weighted by atomic mass is 9.80. The standard InChI is InChI=1S/C15H12O2S/c16-13-9-11(15(17)14-6-3-7-18-14)8-10-4-1-2-5-12(10)13/h1-7,11H,8-9H2. The molecule has 1 unspecified atom stereocenters. The summed E-state index contributed by atoms with van der Waals surface area (Å²) in [6.45, 7) is 0. The first-order valence-corrected chi connectivity index (χ1v) is 6.82. The Bertz CT molecular complexity index is 599. The zero-order chi connectivity index (χ0) is 12.5. The lowest BCUT2D eigenvalue weighted by Crippen LogP contribution is -2.26. The molecule has 0 bridgehead atoms. The molecule has 3 rings (SSSR count). The summed E-state index contributed by atoms with van der Waals surface area (Å²) in [6.07, 6.45) is 1.02. The largest absolute Gasteiger partial charge is 0.294 e. The molecule has 2 aromatic rings. The normalized spacial score (nSPS) is 18.4. The molecule has 1 aromatic heterocycles. The topological polar surface area (TPSA) is 34.1 Å². The van der Waals surface area contributed by atoms with Gasteiger partial charge in [0.2, 0.25) is 0 Å². The average Bonchev–Trinajstić information content (AvgIpc) is 2.91. The van der Waals surface area contributed by atoms with Crippen molar-refractivity contribution in [2.24, 2.45) is 5.92 Å². The van der Waals surface area contributed by atoms with Crippen LogP contribution in [0.25, 0.3) is 0 Å². The molecule has 0 spiro atoms. The lowest BCUT2D eigenvalue weighted by Gasteiger charge is -2.21. The van der Waals surface area contributed by atoms with Gasteiger partial charge in [-0.1, -0.05) is 30.3 Å². The third kappa shape index (κ3) is 1.91. The van der Waals surface area contributed by atoms with Crippen LogP contribution in [0.1, 0.15) is 32.0 Å². The smallest absolute Gasteiger partial charge is 0.176 e. The first-order chi connectivity index (χ1) is 8.75. The second kappa shape index (κ2) is 4.50. The van der Waals surface area contributed by atoms with Crippen molar-refractivity contribution in [1.82, 2.24) is 0 Å². The van der Waals surface area contributed by atoms with E-state index in [2.05, 4.69) is 0 Å². The van der Waals surface area contributed by atoms with Gasteiger partial charge in [-0.3, -0.25) is 9.59 Å². The maximum Gasteiger partial charge on any atom is 0.176 e. The fraction of sp³-hybridized carbons (Fsp3) is 0.200.